The van der Waals surface area contributed by atoms with Crippen molar-refractivity contribution >= 4 is 11.6 Å². The third-order valence-corrected chi connectivity index (χ3v) is 3.06. The lowest BCUT2D eigenvalue weighted by atomic mass is 10.2. The summed E-state index contributed by atoms with van der Waals surface area (Å²) >= 11 is 6.15. The van der Waals surface area contributed by atoms with Crippen molar-refractivity contribution in [2.45, 2.75) is 12.6 Å². The molecule has 0 saturated heterocycles. The van der Waals surface area contributed by atoms with Crippen LogP contribution in [-0.2, 0) is 18.3 Å². The van der Waals surface area contributed by atoms with Gasteiger partial charge in [0.25, 0.3) is 0 Å². The van der Waals surface area contributed by atoms with E-state index < -0.39 is 6.04 Å². The number of imidazole rings is 1. The zero-order valence-electron chi connectivity index (χ0n) is 10.4. The van der Waals surface area contributed by atoms with Crippen molar-refractivity contribution in [2.24, 2.45) is 12.8 Å². The molecule has 0 aliphatic carbocycles. The quantitative estimate of drug-likeness (QED) is 0.878. The summed E-state index contributed by atoms with van der Waals surface area (Å²) in [6, 6.07) is -0.406. The molecule has 98 valence electrons. The number of rotatable bonds is 5. The molecule has 2 heterocycles. The smallest absolute Gasteiger partial charge is 0.131 e. The van der Waals surface area contributed by atoms with Gasteiger partial charge in [-0.15, -0.1) is 0 Å². The Morgan fingerprint density at radius 1 is 1.56 bits per heavy atom. The summed E-state index contributed by atoms with van der Waals surface area (Å²) in [7, 11) is 3.54. The van der Waals surface area contributed by atoms with Gasteiger partial charge < -0.3 is 15.0 Å². The first kappa shape index (κ1) is 13.1. The molecule has 0 aliphatic rings. The van der Waals surface area contributed by atoms with Gasteiger partial charge in [0.2, 0.25) is 0 Å². The summed E-state index contributed by atoms with van der Waals surface area (Å²) in [5.74, 6) is 0.746. The van der Waals surface area contributed by atoms with Gasteiger partial charge in [-0.05, 0) is 0 Å². The average Bonchev–Trinajstić information content (AvgIpc) is 2.92. The minimum Gasteiger partial charge on any atom is -0.383 e. The molecular formula is C11H16ClN5O. The molecule has 0 spiro atoms. The van der Waals surface area contributed by atoms with Crippen LogP contribution < -0.4 is 5.73 Å². The second-order valence-corrected chi connectivity index (χ2v) is 4.37. The van der Waals surface area contributed by atoms with Gasteiger partial charge in [-0.2, -0.15) is 5.10 Å². The Labute approximate surface area is 110 Å². The minimum atomic E-state index is -0.406. The van der Waals surface area contributed by atoms with Crippen LogP contribution in [0.25, 0.3) is 0 Å². The fraction of sp³-hybridized carbons (Fsp3) is 0.455. The number of methoxy groups -OCH3 is 1. The highest BCUT2D eigenvalue weighted by atomic mass is 35.5. The van der Waals surface area contributed by atoms with Crippen LogP contribution in [0.15, 0.2) is 18.6 Å². The summed E-state index contributed by atoms with van der Waals surface area (Å²) in [5.41, 5.74) is 6.96. The molecule has 18 heavy (non-hydrogen) atoms. The van der Waals surface area contributed by atoms with Crippen LogP contribution in [0.3, 0.4) is 0 Å². The summed E-state index contributed by atoms with van der Waals surface area (Å²) < 4.78 is 8.66. The largest absolute Gasteiger partial charge is 0.383 e. The van der Waals surface area contributed by atoms with E-state index in [4.69, 9.17) is 22.1 Å². The first-order chi connectivity index (χ1) is 8.65. The van der Waals surface area contributed by atoms with E-state index in [0.717, 1.165) is 11.5 Å². The molecular weight excluding hydrogens is 254 g/mol. The Balaban J connectivity index is 2.32. The lowest BCUT2D eigenvalue weighted by Crippen LogP contribution is -2.22. The number of hydrogen-bond acceptors (Lipinski definition) is 4. The summed E-state index contributed by atoms with van der Waals surface area (Å²) in [6.45, 7) is 1.16. The molecule has 1 atom stereocenters. The predicted octanol–water partition coefficient (Wildman–Crippen LogP) is 0.964. The molecule has 7 heteroatoms. The van der Waals surface area contributed by atoms with Gasteiger partial charge >= 0.3 is 0 Å². The second kappa shape index (κ2) is 5.51. The third-order valence-electron chi connectivity index (χ3n) is 2.77. The van der Waals surface area contributed by atoms with E-state index in [9.17, 15) is 0 Å². The van der Waals surface area contributed by atoms with Gasteiger partial charge in [-0.3, -0.25) is 4.68 Å². The Kier molecular flexibility index (Phi) is 4.00. The number of nitrogens with zero attached hydrogens (tertiary/aromatic N) is 4. The van der Waals surface area contributed by atoms with Crippen molar-refractivity contribution < 1.29 is 4.74 Å². The van der Waals surface area contributed by atoms with E-state index in [0.29, 0.717) is 18.2 Å². The number of aromatic nitrogens is 4. The van der Waals surface area contributed by atoms with Gasteiger partial charge in [0.1, 0.15) is 11.9 Å². The van der Waals surface area contributed by atoms with Crippen LogP contribution in [-0.4, -0.2) is 33.0 Å². The zero-order chi connectivity index (χ0) is 13.1. The fourth-order valence-electron chi connectivity index (χ4n) is 1.84. The lowest BCUT2D eigenvalue weighted by Gasteiger charge is -2.14. The topological polar surface area (TPSA) is 70.9 Å². The summed E-state index contributed by atoms with van der Waals surface area (Å²) in [4.78, 5) is 4.24. The van der Waals surface area contributed by atoms with Crippen LogP contribution in [0.1, 0.15) is 17.6 Å². The first-order valence-corrected chi connectivity index (χ1v) is 5.96. The highest BCUT2D eigenvalue weighted by Gasteiger charge is 2.21. The average molecular weight is 270 g/mol. The minimum absolute atomic E-state index is 0.406. The summed E-state index contributed by atoms with van der Waals surface area (Å²) in [5, 5.41) is 4.74. The molecule has 0 saturated carbocycles. The van der Waals surface area contributed by atoms with Crippen molar-refractivity contribution in [2.75, 3.05) is 13.7 Å². The Bertz CT molecular complexity index is 521. The highest BCUT2D eigenvalue weighted by molar-refractivity contribution is 6.31. The highest BCUT2D eigenvalue weighted by Crippen LogP contribution is 2.25. The normalized spacial score (nSPS) is 12.9. The van der Waals surface area contributed by atoms with Crippen molar-refractivity contribution in [1.82, 2.24) is 19.3 Å². The first-order valence-electron chi connectivity index (χ1n) is 5.58. The number of hydrogen-bond donors (Lipinski definition) is 1. The van der Waals surface area contributed by atoms with Gasteiger partial charge in [0.05, 0.1) is 30.1 Å². The van der Waals surface area contributed by atoms with E-state index in [2.05, 4.69) is 10.1 Å². The molecule has 0 fully saturated rings. The van der Waals surface area contributed by atoms with Gasteiger partial charge in [-0.25, -0.2) is 4.98 Å². The van der Waals surface area contributed by atoms with Gasteiger partial charge in [0, 0.05) is 26.6 Å². The number of halogens is 1. The molecule has 0 aliphatic heterocycles. The molecule has 2 rings (SSSR count). The van der Waals surface area contributed by atoms with Crippen molar-refractivity contribution in [3.63, 3.8) is 0 Å². The Hall–Kier alpha value is -1.37. The van der Waals surface area contributed by atoms with Crippen molar-refractivity contribution in [3.05, 3.63) is 35.1 Å². The second-order valence-electron chi connectivity index (χ2n) is 3.97. The number of aryl methyl sites for hydroxylation is 1. The number of ether oxygens (including phenoxy) is 1. The predicted molar refractivity (Wildman–Crippen MR) is 68.4 cm³/mol. The van der Waals surface area contributed by atoms with Crippen LogP contribution in [0.2, 0.25) is 5.02 Å². The van der Waals surface area contributed by atoms with Crippen LogP contribution in [0.4, 0.5) is 0 Å². The number of nitrogens with two attached hydrogens (primary N) is 1. The van der Waals surface area contributed by atoms with Crippen molar-refractivity contribution in [1.29, 1.82) is 0 Å². The zero-order valence-corrected chi connectivity index (χ0v) is 11.1. The SMILES string of the molecule is COCCn1ncc(Cl)c1C(N)c1nccn1C. The van der Waals surface area contributed by atoms with Crippen molar-refractivity contribution in [3.8, 4) is 0 Å². The standard InChI is InChI=1S/C11H16ClN5O/c1-16-4-3-14-11(16)9(13)10-8(12)7-15-17(10)5-6-18-2/h3-4,7,9H,5-6,13H2,1-2H3. The van der Waals surface area contributed by atoms with E-state index in [1.807, 2.05) is 17.8 Å². The van der Waals surface area contributed by atoms with Crippen LogP contribution in [0.5, 0.6) is 0 Å². The maximum atomic E-state index is 6.21. The van der Waals surface area contributed by atoms with E-state index in [1.165, 1.54) is 0 Å². The summed E-state index contributed by atoms with van der Waals surface area (Å²) in [6.07, 6.45) is 5.15. The lowest BCUT2D eigenvalue weighted by molar-refractivity contribution is 0.182. The molecule has 0 radical (unpaired) electrons. The molecule has 0 amide bonds. The molecule has 0 bridgehead atoms. The van der Waals surface area contributed by atoms with Crippen LogP contribution in [0, 0.1) is 0 Å². The fourth-order valence-corrected chi connectivity index (χ4v) is 2.09. The monoisotopic (exact) mass is 269 g/mol. The molecule has 2 aromatic heterocycles. The Morgan fingerprint density at radius 3 is 2.94 bits per heavy atom. The molecule has 2 N–H and O–H groups in total. The van der Waals surface area contributed by atoms with E-state index in [1.54, 1.807) is 24.2 Å². The van der Waals surface area contributed by atoms with Gasteiger partial charge in [0.15, 0.2) is 0 Å². The molecule has 6 nitrogen and oxygen atoms in total. The van der Waals surface area contributed by atoms with Gasteiger partial charge in [-0.1, -0.05) is 11.6 Å². The maximum Gasteiger partial charge on any atom is 0.131 e. The van der Waals surface area contributed by atoms with E-state index in [-0.39, 0.29) is 0 Å². The maximum absolute atomic E-state index is 6.21. The third kappa shape index (κ3) is 2.40. The molecule has 1 unspecified atom stereocenters. The molecule has 0 aromatic carbocycles. The molecule has 2 aromatic rings. The van der Waals surface area contributed by atoms with E-state index >= 15 is 0 Å². The van der Waals surface area contributed by atoms with Crippen LogP contribution >= 0.6 is 11.6 Å². The Morgan fingerprint density at radius 2 is 2.33 bits per heavy atom.